The van der Waals surface area contributed by atoms with Gasteiger partial charge in [0.1, 0.15) is 22.3 Å². The van der Waals surface area contributed by atoms with Crippen LogP contribution in [0, 0.1) is 0 Å². The molecule has 12 aromatic rings. The number of hydrogen-bond donors (Lipinski definition) is 0. The Hall–Kier alpha value is -7.57. The van der Waals surface area contributed by atoms with Crippen molar-refractivity contribution in [3.8, 4) is 39.9 Å². The molecule has 55 heavy (non-hydrogen) atoms. The highest BCUT2D eigenvalue weighted by molar-refractivity contribution is 6.16. The maximum absolute atomic E-state index is 6.68. The van der Waals surface area contributed by atoms with Crippen LogP contribution in [0.2, 0.25) is 0 Å². The van der Waals surface area contributed by atoms with E-state index in [1.165, 1.54) is 21.5 Å². The van der Waals surface area contributed by atoms with Gasteiger partial charge in [-0.05, 0) is 59.3 Å². The van der Waals surface area contributed by atoms with Crippen LogP contribution in [0.5, 0.6) is 0 Å². The Labute approximate surface area is 313 Å². The third-order valence-corrected chi connectivity index (χ3v) is 10.8. The molecule has 0 radical (unpaired) electrons. The summed E-state index contributed by atoms with van der Waals surface area (Å²) >= 11 is 0. The van der Waals surface area contributed by atoms with Gasteiger partial charge in [-0.25, -0.2) is 15.0 Å². The molecule has 8 aromatic carbocycles. The number of furan rings is 2. The second-order valence-corrected chi connectivity index (χ2v) is 14.0. The van der Waals surface area contributed by atoms with Crippen LogP contribution in [-0.2, 0) is 0 Å². The van der Waals surface area contributed by atoms with E-state index in [4.69, 9.17) is 23.8 Å². The van der Waals surface area contributed by atoms with E-state index in [0.717, 1.165) is 77.3 Å². The van der Waals surface area contributed by atoms with Crippen molar-refractivity contribution in [1.29, 1.82) is 0 Å². The predicted octanol–water partition coefficient (Wildman–Crippen LogP) is 12.9. The quantitative estimate of drug-likeness (QED) is 0.182. The molecule has 6 nitrogen and oxygen atoms in total. The van der Waals surface area contributed by atoms with E-state index in [1.54, 1.807) is 0 Å². The molecule has 0 aliphatic heterocycles. The highest BCUT2D eigenvalue weighted by Gasteiger charge is 2.21. The summed E-state index contributed by atoms with van der Waals surface area (Å²) in [7, 11) is 0. The number of nitrogens with zero attached hydrogens (tertiary/aromatic N) is 4. The van der Waals surface area contributed by atoms with Gasteiger partial charge in [-0.2, -0.15) is 0 Å². The largest absolute Gasteiger partial charge is 0.456 e. The van der Waals surface area contributed by atoms with Crippen molar-refractivity contribution in [2.75, 3.05) is 0 Å². The van der Waals surface area contributed by atoms with E-state index in [-0.39, 0.29) is 0 Å². The van der Waals surface area contributed by atoms with E-state index in [0.29, 0.717) is 17.5 Å². The number of fused-ring (bicyclic) bond motifs is 10. The van der Waals surface area contributed by atoms with Crippen LogP contribution < -0.4 is 0 Å². The van der Waals surface area contributed by atoms with Gasteiger partial charge in [-0.1, -0.05) is 115 Å². The molecule has 0 unspecified atom stereocenters. The Morgan fingerprint density at radius 2 is 0.945 bits per heavy atom. The lowest BCUT2D eigenvalue weighted by Gasteiger charge is -2.10. The topological polar surface area (TPSA) is 69.9 Å². The molecule has 0 aliphatic carbocycles. The third-order valence-electron chi connectivity index (χ3n) is 10.8. The zero-order chi connectivity index (χ0) is 36.0. The average Bonchev–Trinajstić information content (AvgIpc) is 3.92. The number of para-hydroxylation sites is 2. The first-order chi connectivity index (χ1) is 27.2. The molecule has 4 aromatic heterocycles. The van der Waals surface area contributed by atoms with E-state index in [2.05, 4.69) is 102 Å². The molecule has 0 aliphatic rings. The van der Waals surface area contributed by atoms with Crippen LogP contribution in [0.25, 0.3) is 116 Å². The van der Waals surface area contributed by atoms with Gasteiger partial charge in [0, 0.05) is 60.8 Å². The molecule has 6 heteroatoms. The molecular weight excluding hydrogens is 677 g/mol. The van der Waals surface area contributed by atoms with E-state index in [1.807, 2.05) is 72.8 Å². The summed E-state index contributed by atoms with van der Waals surface area (Å²) < 4.78 is 15.3. The summed E-state index contributed by atoms with van der Waals surface area (Å²) in [6, 6.07) is 58.6. The fourth-order valence-corrected chi connectivity index (χ4v) is 8.37. The van der Waals surface area contributed by atoms with Crippen molar-refractivity contribution in [2.45, 2.75) is 0 Å². The van der Waals surface area contributed by atoms with E-state index >= 15 is 0 Å². The molecule has 0 atom stereocenters. The van der Waals surface area contributed by atoms with Gasteiger partial charge in [-0.15, -0.1) is 0 Å². The second kappa shape index (κ2) is 11.5. The van der Waals surface area contributed by atoms with Crippen LogP contribution in [0.4, 0.5) is 0 Å². The molecule has 256 valence electrons. The van der Waals surface area contributed by atoms with Crippen molar-refractivity contribution in [2.24, 2.45) is 0 Å². The lowest BCUT2D eigenvalue weighted by Crippen LogP contribution is -2.00. The van der Waals surface area contributed by atoms with Crippen molar-refractivity contribution in [3.63, 3.8) is 0 Å². The summed E-state index contributed by atoms with van der Waals surface area (Å²) in [5, 5.41) is 8.82. The van der Waals surface area contributed by atoms with Gasteiger partial charge < -0.3 is 13.4 Å². The Morgan fingerprint density at radius 3 is 1.71 bits per heavy atom. The third kappa shape index (κ3) is 4.52. The number of aromatic nitrogens is 4. The highest BCUT2D eigenvalue weighted by Crippen LogP contribution is 2.41. The molecular formula is C49H28N4O2. The monoisotopic (exact) mass is 704 g/mol. The summed E-state index contributed by atoms with van der Waals surface area (Å²) in [5.41, 5.74) is 9.17. The molecule has 4 heterocycles. The van der Waals surface area contributed by atoms with Crippen molar-refractivity contribution in [3.05, 3.63) is 170 Å². The Morgan fingerprint density at radius 1 is 0.364 bits per heavy atom. The van der Waals surface area contributed by atoms with Crippen molar-refractivity contribution >= 4 is 76.5 Å². The number of hydrogen-bond acceptors (Lipinski definition) is 5. The smallest absolute Gasteiger partial charge is 0.164 e. The summed E-state index contributed by atoms with van der Waals surface area (Å²) in [4.78, 5) is 15.4. The van der Waals surface area contributed by atoms with Crippen molar-refractivity contribution < 1.29 is 8.83 Å². The van der Waals surface area contributed by atoms with Crippen molar-refractivity contribution in [1.82, 2.24) is 19.5 Å². The zero-order valence-corrected chi connectivity index (χ0v) is 29.3. The minimum absolute atomic E-state index is 0.570. The molecule has 0 fully saturated rings. The van der Waals surface area contributed by atoms with Gasteiger partial charge >= 0.3 is 0 Å². The van der Waals surface area contributed by atoms with Gasteiger partial charge in [0.15, 0.2) is 17.5 Å². The lowest BCUT2D eigenvalue weighted by atomic mass is 10.0. The zero-order valence-electron chi connectivity index (χ0n) is 29.3. The summed E-state index contributed by atoms with van der Waals surface area (Å²) in [5.74, 6) is 1.74. The normalized spacial score (nSPS) is 12.0. The van der Waals surface area contributed by atoms with E-state index < -0.39 is 0 Å². The van der Waals surface area contributed by atoms with Crippen LogP contribution >= 0.6 is 0 Å². The molecule has 0 amide bonds. The first kappa shape index (κ1) is 29.9. The Kier molecular flexibility index (Phi) is 6.24. The van der Waals surface area contributed by atoms with Crippen LogP contribution in [0.1, 0.15) is 0 Å². The van der Waals surface area contributed by atoms with Gasteiger partial charge in [0.25, 0.3) is 0 Å². The fraction of sp³-hybridized carbons (Fsp3) is 0. The first-order valence-corrected chi connectivity index (χ1v) is 18.4. The molecule has 0 spiro atoms. The summed E-state index contributed by atoms with van der Waals surface area (Å²) in [6.07, 6.45) is 0. The molecule has 12 rings (SSSR count). The predicted molar refractivity (Wildman–Crippen MR) is 223 cm³/mol. The van der Waals surface area contributed by atoms with E-state index in [9.17, 15) is 0 Å². The standard InChI is InChI=1S/C49H28N4O2/c1-2-12-29(13-3-1)47-50-48(36-18-10-22-42-45(36)34-17-7-9-21-41(34)54-42)52-49(51-47)37-19-11-23-43-46(37)35-25-24-32(28-44(35)55-43)53-39-20-8-6-16-33(39)38-26-30-14-4-5-15-31(30)27-40(38)53/h1-28H. The van der Waals surface area contributed by atoms with Gasteiger partial charge in [-0.3, -0.25) is 0 Å². The van der Waals surface area contributed by atoms with Crippen LogP contribution in [0.15, 0.2) is 179 Å². The van der Waals surface area contributed by atoms with Gasteiger partial charge in [0.05, 0.1) is 11.0 Å². The second-order valence-electron chi connectivity index (χ2n) is 14.0. The maximum atomic E-state index is 6.68. The Balaban J connectivity index is 1.08. The number of benzene rings is 8. The maximum Gasteiger partial charge on any atom is 0.164 e. The average molecular weight is 705 g/mol. The minimum atomic E-state index is 0.570. The number of rotatable bonds is 4. The Bertz CT molecular complexity index is 3500. The lowest BCUT2D eigenvalue weighted by molar-refractivity contribution is 0.668. The SMILES string of the molecule is c1ccc(-c2nc(-c3cccc4oc5ccccc5c34)nc(-c3cccc4oc5cc(-n6c7ccccc7c7cc8ccccc8cc76)ccc5c34)n2)cc1. The fourth-order valence-electron chi connectivity index (χ4n) is 8.37. The van der Waals surface area contributed by atoms with Crippen LogP contribution in [-0.4, -0.2) is 19.5 Å². The molecule has 0 N–H and O–H groups in total. The first-order valence-electron chi connectivity index (χ1n) is 18.4. The summed E-state index contributed by atoms with van der Waals surface area (Å²) in [6.45, 7) is 0. The molecule has 0 saturated heterocycles. The molecule has 0 saturated carbocycles. The van der Waals surface area contributed by atoms with Crippen LogP contribution in [0.3, 0.4) is 0 Å². The highest BCUT2D eigenvalue weighted by atomic mass is 16.3. The minimum Gasteiger partial charge on any atom is -0.456 e. The van der Waals surface area contributed by atoms with Gasteiger partial charge in [0.2, 0.25) is 0 Å². The molecule has 0 bridgehead atoms.